The number of alkyl halides is 3. The van der Waals surface area contributed by atoms with Crippen LogP contribution in [0.5, 0.6) is 5.75 Å². The topological polar surface area (TPSA) is 69.2 Å². The van der Waals surface area contributed by atoms with E-state index in [-0.39, 0.29) is 11.4 Å². The fraction of sp³-hybridized carbons (Fsp3) is 0.524. The van der Waals surface area contributed by atoms with Crippen LogP contribution in [0.1, 0.15) is 63.9 Å². The molecule has 1 aromatic heterocycles. The second-order valence-electron chi connectivity index (χ2n) is 7.27. The molecule has 0 saturated heterocycles. The lowest BCUT2D eigenvalue weighted by molar-refractivity contribution is -0.0500. The number of halogens is 4. The first kappa shape index (κ1) is 25.0. The third-order valence-electron chi connectivity index (χ3n) is 4.70. The SMILES string of the molecule is CCCCCCCCCCc1cnc(-c2ccc(OS(=O)(=O)C(F)(F)F)c(F)c2)nc1. The van der Waals surface area contributed by atoms with Gasteiger partial charge >= 0.3 is 15.6 Å². The lowest BCUT2D eigenvalue weighted by atomic mass is 10.1. The molecule has 0 aliphatic heterocycles. The Kier molecular flexibility index (Phi) is 9.21. The van der Waals surface area contributed by atoms with Gasteiger partial charge in [0.05, 0.1) is 0 Å². The average Bonchev–Trinajstić information content (AvgIpc) is 2.71. The molecule has 0 amide bonds. The number of hydrogen-bond donors (Lipinski definition) is 0. The summed E-state index contributed by atoms with van der Waals surface area (Å²) in [4.78, 5) is 8.33. The van der Waals surface area contributed by atoms with E-state index in [0.717, 1.165) is 37.0 Å². The molecule has 2 rings (SSSR count). The lowest BCUT2D eigenvalue weighted by Crippen LogP contribution is -2.28. The maximum atomic E-state index is 14.1. The van der Waals surface area contributed by atoms with Gasteiger partial charge in [0.25, 0.3) is 0 Å². The molecule has 0 aliphatic rings. The number of unbranched alkanes of at least 4 members (excludes halogenated alkanes) is 7. The molecule has 1 heterocycles. The van der Waals surface area contributed by atoms with E-state index in [2.05, 4.69) is 21.1 Å². The van der Waals surface area contributed by atoms with E-state index in [1.165, 1.54) is 44.6 Å². The van der Waals surface area contributed by atoms with Crippen molar-refractivity contribution < 1.29 is 30.2 Å². The minimum absolute atomic E-state index is 0.170. The monoisotopic (exact) mass is 462 g/mol. The molecule has 0 spiro atoms. The standard InChI is InChI=1S/C21H26F4N2O3S/c1-2-3-4-5-6-7-8-9-10-16-14-26-20(27-15-16)17-11-12-19(18(22)13-17)30-31(28,29)21(23,24)25/h11-15H,2-10H2,1H3. The molecule has 0 saturated carbocycles. The second-order valence-corrected chi connectivity index (χ2v) is 8.81. The summed E-state index contributed by atoms with van der Waals surface area (Å²) in [7, 11) is -5.95. The maximum absolute atomic E-state index is 14.1. The molecular formula is C21H26F4N2O3S. The van der Waals surface area contributed by atoms with Crippen molar-refractivity contribution in [2.24, 2.45) is 0 Å². The summed E-state index contributed by atoms with van der Waals surface area (Å²) in [6, 6.07) is 2.82. The lowest BCUT2D eigenvalue weighted by Gasteiger charge is -2.10. The van der Waals surface area contributed by atoms with Gasteiger partial charge in [0.15, 0.2) is 17.4 Å². The fourth-order valence-corrected chi connectivity index (χ4v) is 3.43. The summed E-state index contributed by atoms with van der Waals surface area (Å²) < 4.78 is 77.0. The van der Waals surface area contributed by atoms with E-state index in [4.69, 9.17) is 0 Å². The molecule has 0 fully saturated rings. The summed E-state index contributed by atoms with van der Waals surface area (Å²) in [5.41, 5.74) is -4.52. The highest BCUT2D eigenvalue weighted by atomic mass is 32.2. The molecule has 0 atom stereocenters. The molecule has 10 heteroatoms. The highest BCUT2D eigenvalue weighted by Gasteiger charge is 2.48. The van der Waals surface area contributed by atoms with Crippen molar-refractivity contribution >= 4 is 10.1 Å². The van der Waals surface area contributed by atoms with E-state index in [1.807, 2.05) is 0 Å². The van der Waals surface area contributed by atoms with Crippen LogP contribution in [0.25, 0.3) is 11.4 Å². The van der Waals surface area contributed by atoms with E-state index < -0.39 is 27.2 Å². The number of aryl methyl sites for hydroxylation is 1. The Hall–Kier alpha value is -2.23. The highest BCUT2D eigenvalue weighted by Crippen LogP contribution is 2.30. The van der Waals surface area contributed by atoms with Crippen molar-refractivity contribution in [2.75, 3.05) is 0 Å². The predicted molar refractivity (Wildman–Crippen MR) is 109 cm³/mol. The third kappa shape index (κ3) is 7.75. The zero-order valence-corrected chi connectivity index (χ0v) is 18.1. The van der Waals surface area contributed by atoms with Crippen molar-refractivity contribution in [3.63, 3.8) is 0 Å². The molecular weight excluding hydrogens is 436 g/mol. The van der Waals surface area contributed by atoms with E-state index >= 15 is 0 Å². The minimum Gasteiger partial charge on any atom is -0.373 e. The molecule has 31 heavy (non-hydrogen) atoms. The summed E-state index contributed by atoms with van der Waals surface area (Å²) in [6.45, 7) is 2.19. The van der Waals surface area contributed by atoms with Crippen LogP contribution in [0.4, 0.5) is 17.6 Å². The summed E-state index contributed by atoms with van der Waals surface area (Å²) in [6.07, 6.45) is 13.7. The van der Waals surface area contributed by atoms with Crippen LogP contribution in [0, 0.1) is 5.82 Å². The molecule has 0 N–H and O–H groups in total. The predicted octanol–water partition coefficient (Wildman–Crippen LogP) is 6.19. The van der Waals surface area contributed by atoms with Gasteiger partial charge in [0.2, 0.25) is 0 Å². The van der Waals surface area contributed by atoms with Crippen molar-refractivity contribution in [3.8, 4) is 17.1 Å². The van der Waals surface area contributed by atoms with E-state index in [1.54, 1.807) is 12.4 Å². The Morgan fingerprint density at radius 1 is 0.935 bits per heavy atom. The quantitative estimate of drug-likeness (QED) is 0.163. The van der Waals surface area contributed by atoms with Gasteiger partial charge in [-0.05, 0) is 36.6 Å². The second kappa shape index (κ2) is 11.4. The van der Waals surface area contributed by atoms with E-state index in [0.29, 0.717) is 0 Å². The number of aromatic nitrogens is 2. The van der Waals surface area contributed by atoms with Crippen molar-refractivity contribution in [2.45, 2.75) is 70.2 Å². The van der Waals surface area contributed by atoms with Crippen LogP contribution in [-0.2, 0) is 16.5 Å². The highest BCUT2D eigenvalue weighted by molar-refractivity contribution is 7.88. The van der Waals surface area contributed by atoms with Crippen LogP contribution in [0.2, 0.25) is 0 Å². The van der Waals surface area contributed by atoms with Gasteiger partial charge in [-0.3, -0.25) is 0 Å². The normalized spacial score (nSPS) is 12.2. The van der Waals surface area contributed by atoms with Crippen molar-refractivity contribution in [1.82, 2.24) is 9.97 Å². The Labute approximate surface area is 180 Å². The molecule has 0 unspecified atom stereocenters. The van der Waals surface area contributed by atoms with Crippen molar-refractivity contribution in [1.29, 1.82) is 0 Å². The first-order valence-electron chi connectivity index (χ1n) is 10.3. The summed E-state index contributed by atoms with van der Waals surface area (Å²) in [5.74, 6) is -2.15. The average molecular weight is 463 g/mol. The van der Waals surface area contributed by atoms with Gasteiger partial charge in [0.1, 0.15) is 0 Å². The third-order valence-corrected chi connectivity index (χ3v) is 5.66. The zero-order valence-electron chi connectivity index (χ0n) is 17.3. The number of benzene rings is 1. The van der Waals surface area contributed by atoms with Gasteiger partial charge in [-0.15, -0.1) is 0 Å². The van der Waals surface area contributed by atoms with Crippen LogP contribution in [0.3, 0.4) is 0 Å². The molecule has 5 nitrogen and oxygen atoms in total. The maximum Gasteiger partial charge on any atom is 0.534 e. The first-order valence-corrected chi connectivity index (χ1v) is 11.7. The summed E-state index contributed by atoms with van der Waals surface area (Å²) >= 11 is 0. The Morgan fingerprint density at radius 2 is 1.52 bits per heavy atom. The molecule has 0 radical (unpaired) electrons. The zero-order chi connectivity index (χ0) is 22.9. The Balaban J connectivity index is 1.89. The Bertz CT molecular complexity index is 933. The number of hydrogen-bond acceptors (Lipinski definition) is 5. The first-order chi connectivity index (χ1) is 14.6. The van der Waals surface area contributed by atoms with Crippen LogP contribution in [-0.4, -0.2) is 23.9 Å². The van der Waals surface area contributed by atoms with Gasteiger partial charge in [-0.2, -0.15) is 21.6 Å². The molecule has 172 valence electrons. The molecule has 0 aliphatic carbocycles. The van der Waals surface area contributed by atoms with Crippen molar-refractivity contribution in [3.05, 3.63) is 42.0 Å². The molecule has 1 aromatic carbocycles. The fourth-order valence-electron chi connectivity index (χ4n) is 2.97. The van der Waals surface area contributed by atoms with Crippen LogP contribution >= 0.6 is 0 Å². The van der Waals surface area contributed by atoms with Crippen LogP contribution < -0.4 is 4.18 Å². The van der Waals surface area contributed by atoms with Gasteiger partial charge in [0, 0.05) is 18.0 Å². The molecule has 0 bridgehead atoms. The Morgan fingerprint density at radius 3 is 2.06 bits per heavy atom. The number of rotatable bonds is 12. The van der Waals surface area contributed by atoms with Gasteiger partial charge < -0.3 is 4.18 Å². The van der Waals surface area contributed by atoms with Crippen LogP contribution in [0.15, 0.2) is 30.6 Å². The largest absolute Gasteiger partial charge is 0.534 e. The van der Waals surface area contributed by atoms with Gasteiger partial charge in [-0.1, -0.05) is 51.9 Å². The van der Waals surface area contributed by atoms with E-state index in [9.17, 15) is 26.0 Å². The van der Waals surface area contributed by atoms with Gasteiger partial charge in [-0.25, -0.2) is 14.4 Å². The molecule has 2 aromatic rings. The smallest absolute Gasteiger partial charge is 0.373 e. The number of nitrogens with zero attached hydrogens (tertiary/aromatic N) is 2. The minimum atomic E-state index is -5.95. The summed E-state index contributed by atoms with van der Waals surface area (Å²) in [5, 5.41) is 0.